The van der Waals surface area contributed by atoms with Crippen molar-refractivity contribution in [2.75, 3.05) is 0 Å². The molecule has 0 spiro atoms. The molecule has 3 aromatic rings. The first kappa shape index (κ1) is 12.0. The van der Waals surface area contributed by atoms with Gasteiger partial charge in [0.2, 0.25) is 0 Å². The number of hydrogen-bond donors (Lipinski definition) is 3. The molecule has 3 N–H and O–H groups in total. The molecule has 1 aliphatic rings. The Bertz CT molecular complexity index is 932. The summed E-state index contributed by atoms with van der Waals surface area (Å²) in [5.41, 5.74) is 4.94. The third-order valence-electron chi connectivity index (χ3n) is 4.06. The minimum atomic E-state index is 0.00565. The highest BCUT2D eigenvalue weighted by Crippen LogP contribution is 2.34. The third-order valence-corrected chi connectivity index (χ3v) is 4.06. The summed E-state index contributed by atoms with van der Waals surface area (Å²) < 4.78 is 0. The molecule has 0 atom stereocenters. The fourth-order valence-electron chi connectivity index (χ4n) is 3.13. The smallest absolute Gasteiger partial charge is 0.252 e. The molecule has 4 heteroatoms. The number of carbonyl (C=O) groups is 1. The Morgan fingerprint density at radius 2 is 1.86 bits per heavy atom. The average molecular weight is 277 g/mol. The number of aromatic amines is 2. The quantitative estimate of drug-likeness (QED) is 0.580. The lowest BCUT2D eigenvalue weighted by atomic mass is 9.97. The topological polar surface area (TPSA) is 60.7 Å². The van der Waals surface area contributed by atoms with E-state index in [1.165, 1.54) is 0 Å². The summed E-state index contributed by atoms with van der Waals surface area (Å²) in [6, 6.07) is 9.97. The number of aryl methyl sites for hydroxylation is 1. The Balaban J connectivity index is 2.38. The lowest BCUT2D eigenvalue weighted by Gasteiger charge is -2.07. The Morgan fingerprint density at radius 3 is 2.76 bits per heavy atom. The number of hydrogen-bond acceptors (Lipinski definition) is 1. The van der Waals surface area contributed by atoms with Crippen LogP contribution in [0.2, 0.25) is 0 Å². The number of nitrogens with one attached hydrogen (secondary N) is 3. The average Bonchev–Trinajstić information content (AvgIpc) is 3.09. The number of carbonyl (C=O) groups excluding carboxylic acids is 1. The van der Waals surface area contributed by atoms with E-state index in [2.05, 4.69) is 15.3 Å². The van der Waals surface area contributed by atoms with E-state index in [1.807, 2.05) is 49.6 Å². The number of fused-ring (bicyclic) bond motifs is 6. The van der Waals surface area contributed by atoms with Crippen LogP contribution in [0.3, 0.4) is 0 Å². The minimum Gasteiger partial charge on any atom is -0.359 e. The molecule has 0 bridgehead atoms. The van der Waals surface area contributed by atoms with Crippen molar-refractivity contribution in [3.63, 3.8) is 0 Å². The third kappa shape index (κ3) is 1.65. The molecule has 0 unspecified atom stereocenters. The van der Waals surface area contributed by atoms with E-state index in [0.29, 0.717) is 6.54 Å². The van der Waals surface area contributed by atoms with Crippen molar-refractivity contribution >= 4 is 27.7 Å². The SMILES string of the molecule is Cc1ccccc[nH]c2c1c1c(c3cc[nH]c32)CNC1=O. The van der Waals surface area contributed by atoms with Gasteiger partial charge in [0.25, 0.3) is 5.91 Å². The monoisotopic (exact) mass is 277 g/mol. The molecule has 4 rings (SSSR count). The lowest BCUT2D eigenvalue weighted by Crippen LogP contribution is -2.12. The van der Waals surface area contributed by atoms with Crippen LogP contribution in [-0.4, -0.2) is 15.9 Å². The van der Waals surface area contributed by atoms with E-state index in [4.69, 9.17) is 0 Å². The van der Waals surface area contributed by atoms with Gasteiger partial charge in [-0.05, 0) is 30.2 Å². The number of benzene rings is 1. The Kier molecular flexibility index (Phi) is 2.51. The first-order chi connectivity index (χ1) is 10.3. The van der Waals surface area contributed by atoms with Gasteiger partial charge in [0.05, 0.1) is 16.6 Å². The van der Waals surface area contributed by atoms with Crippen molar-refractivity contribution in [3.05, 3.63) is 59.4 Å². The van der Waals surface area contributed by atoms with E-state index < -0.39 is 0 Å². The summed E-state index contributed by atoms with van der Waals surface area (Å²) in [5.74, 6) is 0.00565. The van der Waals surface area contributed by atoms with Gasteiger partial charge in [0, 0.05) is 29.7 Å². The zero-order valence-electron chi connectivity index (χ0n) is 11.7. The molecule has 4 nitrogen and oxygen atoms in total. The fraction of sp³-hybridized carbons (Fsp3) is 0.118. The van der Waals surface area contributed by atoms with Gasteiger partial charge in [0.15, 0.2) is 0 Å². The largest absolute Gasteiger partial charge is 0.359 e. The van der Waals surface area contributed by atoms with Gasteiger partial charge in [-0.25, -0.2) is 0 Å². The first-order valence-electron chi connectivity index (χ1n) is 6.98. The second-order valence-electron chi connectivity index (χ2n) is 5.29. The van der Waals surface area contributed by atoms with Gasteiger partial charge < -0.3 is 15.3 Å². The maximum absolute atomic E-state index is 12.3. The molecule has 0 saturated carbocycles. The van der Waals surface area contributed by atoms with Crippen LogP contribution in [0.1, 0.15) is 21.5 Å². The van der Waals surface area contributed by atoms with Crippen molar-refractivity contribution in [3.8, 4) is 0 Å². The number of rotatable bonds is 0. The van der Waals surface area contributed by atoms with Gasteiger partial charge in [0.1, 0.15) is 0 Å². The number of amides is 1. The van der Waals surface area contributed by atoms with E-state index in [9.17, 15) is 4.79 Å². The fourth-order valence-corrected chi connectivity index (χ4v) is 3.13. The van der Waals surface area contributed by atoms with Crippen LogP contribution in [0.25, 0.3) is 21.8 Å². The first-order valence-corrected chi connectivity index (χ1v) is 6.98. The van der Waals surface area contributed by atoms with Crippen LogP contribution >= 0.6 is 0 Å². The van der Waals surface area contributed by atoms with Gasteiger partial charge in [-0.15, -0.1) is 0 Å². The van der Waals surface area contributed by atoms with E-state index in [-0.39, 0.29) is 5.91 Å². The van der Waals surface area contributed by atoms with Gasteiger partial charge in [-0.1, -0.05) is 18.2 Å². The van der Waals surface area contributed by atoms with Crippen LogP contribution < -0.4 is 5.32 Å². The van der Waals surface area contributed by atoms with Crippen LogP contribution in [0.15, 0.2) is 42.7 Å². The van der Waals surface area contributed by atoms with Crippen molar-refractivity contribution < 1.29 is 4.79 Å². The molecule has 2 aromatic heterocycles. The lowest BCUT2D eigenvalue weighted by molar-refractivity contribution is 0.0967. The molecule has 3 heterocycles. The van der Waals surface area contributed by atoms with Crippen LogP contribution in [0, 0.1) is 6.92 Å². The highest BCUT2D eigenvalue weighted by Gasteiger charge is 2.26. The van der Waals surface area contributed by atoms with Crippen molar-refractivity contribution in [1.82, 2.24) is 15.3 Å². The molecule has 21 heavy (non-hydrogen) atoms. The summed E-state index contributed by atoms with van der Waals surface area (Å²) in [6.07, 6.45) is 3.81. The van der Waals surface area contributed by atoms with Crippen molar-refractivity contribution in [1.29, 1.82) is 0 Å². The van der Waals surface area contributed by atoms with Gasteiger partial charge in [-0.3, -0.25) is 4.79 Å². The summed E-state index contributed by atoms with van der Waals surface area (Å²) in [6.45, 7) is 2.63. The van der Waals surface area contributed by atoms with Crippen molar-refractivity contribution in [2.24, 2.45) is 0 Å². The maximum Gasteiger partial charge on any atom is 0.252 e. The molecule has 1 amide bonds. The van der Waals surface area contributed by atoms with Crippen LogP contribution in [0.5, 0.6) is 0 Å². The molecule has 0 radical (unpaired) electrons. The molecule has 0 aliphatic carbocycles. The van der Waals surface area contributed by atoms with E-state index >= 15 is 0 Å². The van der Waals surface area contributed by atoms with E-state index in [1.54, 1.807) is 0 Å². The molecular weight excluding hydrogens is 262 g/mol. The Morgan fingerprint density at radius 1 is 1.00 bits per heavy atom. The van der Waals surface area contributed by atoms with Crippen molar-refractivity contribution in [2.45, 2.75) is 13.5 Å². The standard InChI is InChI=1S/C17H15N3O/c1-10-5-3-2-4-7-18-16-13(10)14-12(9-20-17(14)21)11-6-8-19-15(11)16/h2-8,18-19H,9H2,1H3,(H,20,21). The van der Waals surface area contributed by atoms with Crippen LogP contribution in [-0.2, 0) is 6.54 Å². The molecule has 104 valence electrons. The molecular formula is C17H15N3O. The normalized spacial score (nSPS) is 13.3. The highest BCUT2D eigenvalue weighted by atomic mass is 16.1. The van der Waals surface area contributed by atoms with Gasteiger partial charge in [-0.2, -0.15) is 0 Å². The summed E-state index contributed by atoms with van der Waals surface area (Å²) >= 11 is 0. The summed E-state index contributed by atoms with van der Waals surface area (Å²) in [4.78, 5) is 18.9. The number of aromatic nitrogens is 2. The second-order valence-corrected chi connectivity index (χ2v) is 5.29. The zero-order chi connectivity index (χ0) is 14.4. The molecule has 1 aromatic carbocycles. The Labute approximate surface area is 121 Å². The summed E-state index contributed by atoms with van der Waals surface area (Å²) in [7, 11) is 0. The molecule has 1 aliphatic heterocycles. The predicted octanol–water partition coefficient (Wildman–Crippen LogP) is 3.33. The predicted molar refractivity (Wildman–Crippen MR) is 83.7 cm³/mol. The van der Waals surface area contributed by atoms with Gasteiger partial charge >= 0.3 is 0 Å². The van der Waals surface area contributed by atoms with E-state index in [0.717, 1.165) is 38.5 Å². The van der Waals surface area contributed by atoms with Crippen LogP contribution in [0.4, 0.5) is 0 Å². The zero-order valence-corrected chi connectivity index (χ0v) is 11.7. The maximum atomic E-state index is 12.3. The second kappa shape index (κ2) is 4.38. The number of H-pyrrole nitrogens is 2. The minimum absolute atomic E-state index is 0.00565. The summed E-state index contributed by atoms with van der Waals surface area (Å²) in [5, 5.41) is 5.02. The molecule has 0 saturated heterocycles. The Hall–Kier alpha value is -2.75. The highest BCUT2D eigenvalue weighted by molar-refractivity contribution is 6.19. The molecule has 0 fully saturated rings.